The number of carboxylic acids is 1. The zero-order valence-corrected chi connectivity index (χ0v) is 19.3. The van der Waals surface area contributed by atoms with E-state index in [1.165, 1.54) is 16.8 Å². The third kappa shape index (κ3) is 4.20. The topological polar surface area (TPSA) is 111 Å². The number of aromatic amines is 1. The van der Waals surface area contributed by atoms with Crippen molar-refractivity contribution >= 4 is 40.1 Å². The Morgan fingerprint density at radius 1 is 1.29 bits per heavy atom. The molecule has 1 atom stereocenters. The van der Waals surface area contributed by atoms with Gasteiger partial charge in [0, 0.05) is 31.8 Å². The van der Waals surface area contributed by atoms with Gasteiger partial charge in [-0.25, -0.2) is 15.2 Å². The Morgan fingerprint density at radius 2 is 2.15 bits per heavy atom. The SMILES string of the molecule is COc1cccc(C2CCCN(c3cc4c(=O)[nH]c(N5C=C(C(=O)O)CN5)nc4cc3Cl)C2)c1. The predicted octanol–water partition coefficient (Wildman–Crippen LogP) is 3.26. The molecular weight excluding hydrogens is 458 g/mol. The van der Waals surface area contributed by atoms with Gasteiger partial charge in [0.2, 0.25) is 5.95 Å². The largest absolute Gasteiger partial charge is 0.497 e. The number of halogens is 1. The molecule has 2 aliphatic rings. The first kappa shape index (κ1) is 22.2. The lowest BCUT2D eigenvalue weighted by molar-refractivity contribution is -0.132. The number of methoxy groups -OCH3 is 1. The number of carboxylic acid groups (broad SMARTS) is 1. The normalized spacial score (nSPS) is 18.3. The molecule has 176 valence electrons. The summed E-state index contributed by atoms with van der Waals surface area (Å²) in [7, 11) is 1.67. The molecule has 2 aliphatic heterocycles. The van der Waals surface area contributed by atoms with Crippen LogP contribution in [0.3, 0.4) is 0 Å². The van der Waals surface area contributed by atoms with Gasteiger partial charge in [-0.1, -0.05) is 23.7 Å². The summed E-state index contributed by atoms with van der Waals surface area (Å²) >= 11 is 6.67. The minimum absolute atomic E-state index is 0.139. The quantitative estimate of drug-likeness (QED) is 0.509. The van der Waals surface area contributed by atoms with Crippen LogP contribution in [0.2, 0.25) is 5.02 Å². The molecule has 9 nitrogen and oxygen atoms in total. The first-order chi connectivity index (χ1) is 16.4. The van der Waals surface area contributed by atoms with Crippen LogP contribution in [-0.4, -0.2) is 47.8 Å². The molecule has 0 radical (unpaired) electrons. The van der Waals surface area contributed by atoms with Crippen LogP contribution in [0.25, 0.3) is 10.9 Å². The van der Waals surface area contributed by atoms with Gasteiger partial charge in [-0.15, -0.1) is 0 Å². The summed E-state index contributed by atoms with van der Waals surface area (Å²) in [5.74, 6) is 0.337. The van der Waals surface area contributed by atoms with Crippen molar-refractivity contribution in [2.75, 3.05) is 36.7 Å². The lowest BCUT2D eigenvalue weighted by Gasteiger charge is -2.35. The van der Waals surface area contributed by atoms with Gasteiger partial charge in [0.1, 0.15) is 5.75 Å². The first-order valence-electron chi connectivity index (χ1n) is 11.0. The maximum Gasteiger partial charge on any atom is 0.334 e. The maximum atomic E-state index is 12.9. The Bertz CT molecular complexity index is 1350. The van der Waals surface area contributed by atoms with E-state index in [1.807, 2.05) is 12.1 Å². The van der Waals surface area contributed by atoms with Crippen molar-refractivity contribution in [3.63, 3.8) is 0 Å². The Labute approximate surface area is 200 Å². The van der Waals surface area contributed by atoms with E-state index < -0.39 is 5.97 Å². The number of aromatic nitrogens is 2. The Balaban J connectivity index is 1.45. The standard InChI is InChI=1S/C24H24ClN5O4/c1-34-17-6-2-4-14(8-17)15-5-3-7-29(12-15)21-9-18-20(10-19(21)25)27-24(28-22(18)31)30-13-16(11-26-30)23(32)33/h2,4,6,8-10,13,15,26H,3,5,7,11-12H2,1H3,(H,32,33)(H,27,28,31). The number of piperidine rings is 1. The molecule has 34 heavy (non-hydrogen) atoms. The number of H-pyrrole nitrogens is 1. The summed E-state index contributed by atoms with van der Waals surface area (Å²) in [6, 6.07) is 11.6. The number of aliphatic carboxylic acids is 1. The van der Waals surface area contributed by atoms with Gasteiger partial charge in [0.25, 0.3) is 5.56 Å². The van der Waals surface area contributed by atoms with Gasteiger partial charge in [-0.3, -0.25) is 14.8 Å². The molecule has 0 bridgehead atoms. The fourth-order valence-electron chi connectivity index (χ4n) is 4.54. The van der Waals surface area contributed by atoms with Crippen LogP contribution in [-0.2, 0) is 4.79 Å². The van der Waals surface area contributed by atoms with E-state index in [0.717, 1.165) is 37.4 Å². The van der Waals surface area contributed by atoms with Crippen molar-refractivity contribution in [2.45, 2.75) is 18.8 Å². The van der Waals surface area contributed by atoms with Gasteiger partial charge in [0.15, 0.2) is 0 Å². The predicted molar refractivity (Wildman–Crippen MR) is 131 cm³/mol. The molecule has 3 aromatic rings. The smallest absolute Gasteiger partial charge is 0.334 e. The summed E-state index contributed by atoms with van der Waals surface area (Å²) in [4.78, 5) is 33.5. The van der Waals surface area contributed by atoms with E-state index in [0.29, 0.717) is 21.8 Å². The van der Waals surface area contributed by atoms with Crippen LogP contribution in [0, 0.1) is 0 Å². The lowest BCUT2D eigenvalue weighted by Crippen LogP contribution is -2.34. The summed E-state index contributed by atoms with van der Waals surface area (Å²) in [5.41, 5.74) is 5.19. The van der Waals surface area contributed by atoms with Crippen molar-refractivity contribution in [3.8, 4) is 5.75 Å². The van der Waals surface area contributed by atoms with E-state index in [9.17, 15) is 9.59 Å². The molecule has 1 unspecified atom stereocenters. The van der Waals surface area contributed by atoms with Gasteiger partial charge < -0.3 is 14.7 Å². The Kier molecular flexibility index (Phi) is 5.89. The molecule has 10 heteroatoms. The summed E-state index contributed by atoms with van der Waals surface area (Å²) < 4.78 is 5.38. The van der Waals surface area contributed by atoms with Crippen molar-refractivity contribution in [1.29, 1.82) is 0 Å². The molecule has 3 heterocycles. The van der Waals surface area contributed by atoms with Crippen LogP contribution in [0.15, 0.2) is 53.0 Å². The Hall–Kier alpha value is -3.56. The second-order valence-corrected chi connectivity index (χ2v) is 8.84. The molecule has 1 saturated heterocycles. The number of anilines is 2. The number of nitrogens with one attached hydrogen (secondary N) is 2. The highest BCUT2D eigenvalue weighted by atomic mass is 35.5. The molecule has 0 saturated carbocycles. The zero-order valence-electron chi connectivity index (χ0n) is 18.5. The van der Waals surface area contributed by atoms with Crippen molar-refractivity contribution in [2.24, 2.45) is 0 Å². The third-order valence-corrected chi connectivity index (χ3v) is 6.62. The van der Waals surface area contributed by atoms with Crippen LogP contribution < -0.4 is 25.6 Å². The minimum Gasteiger partial charge on any atom is -0.497 e. The molecule has 2 aromatic carbocycles. The monoisotopic (exact) mass is 481 g/mol. The van der Waals surface area contributed by atoms with Gasteiger partial charge in [-0.05, 0) is 42.7 Å². The van der Waals surface area contributed by atoms with E-state index in [2.05, 4.69) is 32.4 Å². The van der Waals surface area contributed by atoms with Gasteiger partial charge in [-0.2, -0.15) is 0 Å². The van der Waals surface area contributed by atoms with Crippen molar-refractivity contribution in [1.82, 2.24) is 15.4 Å². The summed E-state index contributed by atoms with van der Waals surface area (Å²) in [6.07, 6.45) is 3.46. The highest BCUT2D eigenvalue weighted by Crippen LogP contribution is 2.36. The Morgan fingerprint density at radius 3 is 2.91 bits per heavy atom. The average Bonchev–Trinajstić information content (AvgIpc) is 3.35. The number of rotatable bonds is 5. The second-order valence-electron chi connectivity index (χ2n) is 8.44. The van der Waals surface area contributed by atoms with E-state index in [-0.39, 0.29) is 23.6 Å². The first-order valence-corrected chi connectivity index (χ1v) is 11.4. The highest BCUT2D eigenvalue weighted by molar-refractivity contribution is 6.34. The zero-order chi connectivity index (χ0) is 23.8. The molecule has 5 rings (SSSR count). The number of ether oxygens (including phenoxy) is 1. The minimum atomic E-state index is -1.03. The number of hydrogen-bond donors (Lipinski definition) is 3. The molecule has 0 amide bonds. The molecule has 0 aliphatic carbocycles. The molecule has 3 N–H and O–H groups in total. The summed E-state index contributed by atoms with van der Waals surface area (Å²) in [5, 5.41) is 11.5. The fourth-order valence-corrected chi connectivity index (χ4v) is 4.82. The van der Waals surface area contributed by atoms with E-state index in [1.54, 1.807) is 19.2 Å². The van der Waals surface area contributed by atoms with Crippen molar-refractivity contribution in [3.05, 3.63) is 69.1 Å². The van der Waals surface area contributed by atoms with E-state index >= 15 is 0 Å². The maximum absolute atomic E-state index is 12.9. The average molecular weight is 482 g/mol. The third-order valence-electron chi connectivity index (χ3n) is 6.32. The highest BCUT2D eigenvalue weighted by Gasteiger charge is 2.25. The van der Waals surface area contributed by atoms with Gasteiger partial charge in [0.05, 0.1) is 34.3 Å². The number of hydrazine groups is 1. The number of nitrogens with zero attached hydrogens (tertiary/aromatic N) is 3. The number of hydrogen-bond acceptors (Lipinski definition) is 7. The van der Waals surface area contributed by atoms with Crippen LogP contribution in [0.4, 0.5) is 11.6 Å². The summed E-state index contributed by atoms with van der Waals surface area (Å²) in [6.45, 7) is 1.76. The molecule has 0 spiro atoms. The van der Waals surface area contributed by atoms with Crippen LogP contribution in [0.5, 0.6) is 5.75 Å². The van der Waals surface area contributed by atoms with E-state index in [4.69, 9.17) is 21.4 Å². The fraction of sp³-hybridized carbons (Fsp3) is 0.292. The number of fused-ring (bicyclic) bond motifs is 1. The van der Waals surface area contributed by atoms with Crippen LogP contribution >= 0.6 is 11.6 Å². The second kappa shape index (κ2) is 9.00. The molecular formula is C24H24ClN5O4. The number of benzene rings is 2. The molecule has 1 aromatic heterocycles. The number of carbonyl (C=O) groups is 1. The lowest BCUT2D eigenvalue weighted by atomic mass is 9.90. The molecule has 1 fully saturated rings. The van der Waals surface area contributed by atoms with Crippen LogP contribution in [0.1, 0.15) is 24.3 Å². The van der Waals surface area contributed by atoms with Gasteiger partial charge >= 0.3 is 5.97 Å². The van der Waals surface area contributed by atoms with Crippen molar-refractivity contribution < 1.29 is 14.6 Å².